The summed E-state index contributed by atoms with van der Waals surface area (Å²) in [5.74, 6) is 0. The highest BCUT2D eigenvalue weighted by Gasteiger charge is 2.29. The fraction of sp³-hybridized carbons (Fsp3) is 0.333. The molecular weight excluding hydrogens is 424 g/mol. The number of nitrogens with one attached hydrogen (secondary N) is 2. The number of hydrogen-bond donors (Lipinski definition) is 2. The summed E-state index contributed by atoms with van der Waals surface area (Å²) >= 11 is 9.27. The van der Waals surface area contributed by atoms with Crippen molar-refractivity contribution in [2.24, 2.45) is 0 Å². The van der Waals surface area contributed by atoms with Gasteiger partial charge in [0.2, 0.25) is 10.0 Å². The molecule has 1 aliphatic rings. The molecule has 25 heavy (non-hydrogen) atoms. The second-order valence-electron chi connectivity index (χ2n) is 6.22. The van der Waals surface area contributed by atoms with Crippen molar-refractivity contribution in [2.45, 2.75) is 42.7 Å². The summed E-state index contributed by atoms with van der Waals surface area (Å²) in [7, 11) is -3.56. The van der Waals surface area contributed by atoms with Crippen molar-refractivity contribution in [1.29, 1.82) is 0 Å². The van der Waals surface area contributed by atoms with E-state index in [2.05, 4.69) is 26.0 Å². The van der Waals surface area contributed by atoms with E-state index in [9.17, 15) is 8.42 Å². The lowest BCUT2D eigenvalue weighted by molar-refractivity contribution is 0.378. The molecule has 0 amide bonds. The van der Waals surface area contributed by atoms with Crippen molar-refractivity contribution in [3.63, 3.8) is 0 Å². The van der Waals surface area contributed by atoms with E-state index in [1.54, 1.807) is 12.1 Å². The monoisotopic (exact) mass is 442 g/mol. The Morgan fingerprint density at radius 3 is 2.16 bits per heavy atom. The molecule has 0 spiro atoms. The lowest BCUT2D eigenvalue weighted by Crippen LogP contribution is -2.48. The molecule has 2 aromatic carbocycles. The number of halogens is 2. The van der Waals surface area contributed by atoms with Crippen molar-refractivity contribution in [2.75, 3.05) is 5.32 Å². The van der Waals surface area contributed by atoms with Gasteiger partial charge in [0.25, 0.3) is 0 Å². The first-order chi connectivity index (χ1) is 11.9. The van der Waals surface area contributed by atoms with E-state index in [0.29, 0.717) is 5.02 Å². The maximum absolute atomic E-state index is 12.7. The van der Waals surface area contributed by atoms with E-state index >= 15 is 0 Å². The van der Waals surface area contributed by atoms with Crippen LogP contribution in [0.15, 0.2) is 57.9 Å². The second-order valence-corrected chi connectivity index (χ2v) is 9.29. The summed E-state index contributed by atoms with van der Waals surface area (Å²) in [6.45, 7) is 0. The minimum absolute atomic E-state index is 0.0667. The maximum atomic E-state index is 12.7. The molecule has 0 saturated heterocycles. The van der Waals surface area contributed by atoms with Crippen LogP contribution in [0.2, 0.25) is 5.02 Å². The predicted molar refractivity (Wildman–Crippen MR) is 106 cm³/mol. The molecule has 2 aromatic rings. The normalized spacial score (nSPS) is 21.0. The van der Waals surface area contributed by atoms with Crippen LogP contribution in [0.1, 0.15) is 25.7 Å². The molecule has 4 nitrogen and oxygen atoms in total. The number of hydrogen-bond acceptors (Lipinski definition) is 3. The van der Waals surface area contributed by atoms with Gasteiger partial charge in [0.05, 0.1) is 4.90 Å². The minimum Gasteiger partial charge on any atom is -0.381 e. The van der Waals surface area contributed by atoms with E-state index in [-0.39, 0.29) is 17.0 Å². The molecular formula is C18H20BrClN2O2S. The molecule has 1 aliphatic carbocycles. The Balaban J connectivity index is 1.74. The van der Waals surface area contributed by atoms with E-state index in [1.807, 2.05) is 24.3 Å². The minimum atomic E-state index is -3.56. The molecule has 0 unspecified atom stereocenters. The molecule has 134 valence electrons. The van der Waals surface area contributed by atoms with Crippen LogP contribution in [0, 0.1) is 0 Å². The topological polar surface area (TPSA) is 58.2 Å². The van der Waals surface area contributed by atoms with Gasteiger partial charge in [0, 0.05) is 27.3 Å². The smallest absolute Gasteiger partial charge is 0.240 e. The zero-order valence-electron chi connectivity index (χ0n) is 13.6. The molecule has 2 N–H and O–H groups in total. The van der Waals surface area contributed by atoms with Crippen LogP contribution < -0.4 is 10.0 Å². The lowest BCUT2D eigenvalue weighted by Gasteiger charge is -2.33. The Morgan fingerprint density at radius 2 is 1.52 bits per heavy atom. The summed E-state index contributed by atoms with van der Waals surface area (Å²) in [6, 6.07) is 14.1. The van der Waals surface area contributed by atoms with Crippen LogP contribution in [0.5, 0.6) is 0 Å². The third-order valence-electron chi connectivity index (χ3n) is 4.39. The third kappa shape index (κ3) is 4.97. The van der Waals surface area contributed by atoms with E-state index < -0.39 is 10.0 Å². The van der Waals surface area contributed by atoms with Gasteiger partial charge in [-0.1, -0.05) is 40.4 Å². The summed E-state index contributed by atoms with van der Waals surface area (Å²) in [4.78, 5) is 0.241. The highest BCUT2D eigenvalue weighted by molar-refractivity contribution is 9.10. The first-order valence-electron chi connectivity index (χ1n) is 8.24. The average Bonchev–Trinajstić information content (AvgIpc) is 2.59. The van der Waals surface area contributed by atoms with Gasteiger partial charge in [-0.25, -0.2) is 13.1 Å². The SMILES string of the molecule is O=S(=O)(N[C@@H]1CCCC[C@H]1Nc1ccc(Br)cc1)c1ccc(Cl)cc1. The number of rotatable bonds is 5. The molecule has 0 bridgehead atoms. The first kappa shape index (κ1) is 18.7. The van der Waals surface area contributed by atoms with E-state index in [0.717, 1.165) is 35.8 Å². The molecule has 1 saturated carbocycles. The average molecular weight is 444 g/mol. The summed E-state index contributed by atoms with van der Waals surface area (Å²) in [6.07, 6.45) is 3.87. The Morgan fingerprint density at radius 1 is 0.920 bits per heavy atom. The van der Waals surface area contributed by atoms with Gasteiger partial charge in [0.15, 0.2) is 0 Å². The van der Waals surface area contributed by atoms with Crippen molar-refractivity contribution >= 4 is 43.2 Å². The molecule has 7 heteroatoms. The Kier molecular flexibility index (Phi) is 6.04. The first-order valence-corrected chi connectivity index (χ1v) is 10.9. The van der Waals surface area contributed by atoms with Crippen LogP contribution in [0.3, 0.4) is 0 Å². The van der Waals surface area contributed by atoms with Crippen LogP contribution in [-0.4, -0.2) is 20.5 Å². The quantitative estimate of drug-likeness (QED) is 0.697. The second kappa shape index (κ2) is 8.08. The molecule has 0 aliphatic heterocycles. The predicted octanol–water partition coefficient (Wildman–Crippen LogP) is 4.80. The standard InChI is InChI=1S/C18H20BrClN2O2S/c19-13-5-9-15(10-6-13)21-17-3-1-2-4-18(17)22-25(23,24)16-11-7-14(20)8-12-16/h5-12,17-18,21-22H,1-4H2/t17-,18-/m1/s1. The summed E-state index contributed by atoms with van der Waals surface area (Å²) < 4.78 is 29.2. The Bertz CT molecular complexity index is 810. The van der Waals surface area contributed by atoms with Gasteiger partial charge >= 0.3 is 0 Å². The number of benzene rings is 2. The highest BCUT2D eigenvalue weighted by Crippen LogP contribution is 2.25. The maximum Gasteiger partial charge on any atom is 0.240 e. The van der Waals surface area contributed by atoms with Crippen LogP contribution in [-0.2, 0) is 10.0 Å². The van der Waals surface area contributed by atoms with E-state index in [4.69, 9.17) is 11.6 Å². The summed E-state index contributed by atoms with van der Waals surface area (Å²) in [5, 5.41) is 3.99. The van der Waals surface area contributed by atoms with Crippen molar-refractivity contribution in [3.8, 4) is 0 Å². The zero-order valence-corrected chi connectivity index (χ0v) is 16.7. The molecule has 1 fully saturated rings. The Labute approximate surface area is 162 Å². The lowest BCUT2D eigenvalue weighted by atomic mass is 9.91. The fourth-order valence-electron chi connectivity index (χ4n) is 3.09. The van der Waals surface area contributed by atoms with Gasteiger partial charge in [-0.3, -0.25) is 0 Å². The largest absolute Gasteiger partial charge is 0.381 e. The van der Waals surface area contributed by atoms with Crippen LogP contribution in [0.25, 0.3) is 0 Å². The molecule has 0 aromatic heterocycles. The van der Waals surface area contributed by atoms with Gasteiger partial charge in [0.1, 0.15) is 0 Å². The van der Waals surface area contributed by atoms with Crippen LogP contribution in [0.4, 0.5) is 5.69 Å². The molecule has 2 atom stereocenters. The fourth-order valence-corrected chi connectivity index (χ4v) is 4.79. The highest BCUT2D eigenvalue weighted by atomic mass is 79.9. The molecule has 3 rings (SSSR count). The van der Waals surface area contributed by atoms with Crippen molar-refractivity contribution in [3.05, 3.63) is 58.0 Å². The van der Waals surface area contributed by atoms with Crippen LogP contribution >= 0.6 is 27.5 Å². The van der Waals surface area contributed by atoms with Gasteiger partial charge < -0.3 is 5.32 Å². The Hall–Kier alpha value is -1.08. The number of anilines is 1. The van der Waals surface area contributed by atoms with E-state index in [1.165, 1.54) is 12.1 Å². The zero-order chi connectivity index (χ0) is 17.9. The van der Waals surface area contributed by atoms with Gasteiger partial charge in [-0.2, -0.15) is 0 Å². The molecule has 0 heterocycles. The molecule has 0 radical (unpaired) electrons. The summed E-state index contributed by atoms with van der Waals surface area (Å²) in [5.41, 5.74) is 0.991. The number of sulfonamides is 1. The van der Waals surface area contributed by atoms with Gasteiger partial charge in [-0.15, -0.1) is 0 Å². The van der Waals surface area contributed by atoms with Gasteiger partial charge in [-0.05, 0) is 61.4 Å². The van der Waals surface area contributed by atoms with Crippen molar-refractivity contribution < 1.29 is 8.42 Å². The van der Waals surface area contributed by atoms with Crippen molar-refractivity contribution in [1.82, 2.24) is 4.72 Å². The third-order valence-corrected chi connectivity index (χ3v) is 6.68.